The number of thiol groups is 1. The zero-order valence-electron chi connectivity index (χ0n) is 2.26. The molecule has 0 aliphatic carbocycles. The van der Waals surface area contributed by atoms with Crippen molar-refractivity contribution in [1.29, 1.82) is 0 Å². The fourth-order valence-electron chi connectivity index (χ4n) is 0. The van der Waals surface area contributed by atoms with Crippen LogP contribution in [-0.2, 0) is 19.7 Å². The van der Waals surface area contributed by atoms with E-state index in [0.29, 0.717) is 0 Å². The summed E-state index contributed by atoms with van der Waals surface area (Å²) in [5.41, 5.74) is 0. The predicted octanol–water partition coefficient (Wildman–Crippen LogP) is 0.541. The molecule has 3 heteroatoms. The van der Waals surface area contributed by atoms with E-state index in [9.17, 15) is 0 Å². The van der Waals surface area contributed by atoms with Gasteiger partial charge in [-0.15, -0.1) is 11.7 Å². The van der Waals surface area contributed by atoms with Gasteiger partial charge in [0.05, 0.1) is 0 Å². The molecule has 26 valence electrons. The first-order valence-electron chi connectivity index (χ1n) is 0.757. The van der Waals surface area contributed by atoms with Crippen molar-refractivity contribution in [3.8, 4) is 0 Å². The molecule has 0 aliphatic heterocycles. The molecule has 1 unspecified atom stereocenters. The van der Waals surface area contributed by atoms with Crippen molar-refractivity contribution in [3.63, 3.8) is 0 Å². The van der Waals surface area contributed by atoms with E-state index >= 15 is 0 Å². The highest BCUT2D eigenvalue weighted by Gasteiger charge is 1.52. The zero-order chi connectivity index (χ0) is 3.58. The zero-order valence-corrected chi connectivity index (χ0v) is 4.79. The summed E-state index contributed by atoms with van der Waals surface area (Å²) in [5, 5.41) is 0. The molecule has 0 heterocycles. The molecule has 0 aromatic rings. The van der Waals surface area contributed by atoms with Gasteiger partial charge in [0.1, 0.15) is 0 Å². The average Bonchev–Trinajstić information content (AvgIpc) is 0.811. The number of hydrogen-bond donors (Lipinski definition) is 1. The van der Waals surface area contributed by atoms with Gasteiger partial charge in [-0.3, -0.25) is 0 Å². The molecule has 0 bridgehead atoms. The minimum absolute atomic E-state index is 0.0833. The van der Waals surface area contributed by atoms with E-state index in [4.69, 9.17) is 0 Å². The van der Waals surface area contributed by atoms with Crippen molar-refractivity contribution in [1.82, 2.24) is 0 Å². The largest absolute Gasteiger partial charge is 0.107 e. The molecule has 0 aromatic heterocycles. The van der Waals surface area contributed by atoms with E-state index in [2.05, 4.69) is 22.8 Å². The predicted molar refractivity (Wildman–Crippen MR) is 29.6 cm³/mol. The van der Waals surface area contributed by atoms with Crippen molar-refractivity contribution in [2.24, 2.45) is 0 Å². The van der Waals surface area contributed by atoms with E-state index in [1.54, 1.807) is 0 Å². The highest BCUT2D eigenvalue weighted by Crippen LogP contribution is 1.73. The summed E-state index contributed by atoms with van der Waals surface area (Å²) in [6.45, 7) is 0. The van der Waals surface area contributed by atoms with Crippen LogP contribution in [0.5, 0.6) is 0 Å². The van der Waals surface area contributed by atoms with E-state index < -0.39 is 0 Å². The molecule has 0 spiro atoms. The van der Waals surface area contributed by atoms with Crippen LogP contribution in [0.2, 0.25) is 0 Å². The fourth-order valence-corrected chi connectivity index (χ4v) is 0. The highest BCUT2D eigenvalue weighted by molar-refractivity contribution is 8.75. The lowest BCUT2D eigenvalue weighted by molar-refractivity contribution is 2.53. The van der Waals surface area contributed by atoms with Crippen LogP contribution < -0.4 is 0 Å². The summed E-state index contributed by atoms with van der Waals surface area (Å²) in [6.07, 6.45) is 1.87. The SMILES string of the molecule is CS(=S)S. The summed E-state index contributed by atoms with van der Waals surface area (Å²) in [5.74, 6) is 0. The Balaban J connectivity index is 2.80. The van der Waals surface area contributed by atoms with Crippen molar-refractivity contribution >= 4 is 31.3 Å². The Morgan fingerprint density at radius 2 is 2.00 bits per heavy atom. The third-order valence-electron chi connectivity index (χ3n) is 0. The van der Waals surface area contributed by atoms with Gasteiger partial charge in [-0.25, -0.2) is 0 Å². The van der Waals surface area contributed by atoms with Crippen LogP contribution in [0.25, 0.3) is 0 Å². The second kappa shape index (κ2) is 2.18. The van der Waals surface area contributed by atoms with Gasteiger partial charge < -0.3 is 0 Å². The summed E-state index contributed by atoms with van der Waals surface area (Å²) in [6, 6.07) is 0. The molecule has 0 aliphatic rings. The highest BCUT2D eigenvalue weighted by atomic mass is 33.3. The Bertz CT molecular complexity index is 26.3. The maximum Gasteiger partial charge on any atom is -0.00412 e. The van der Waals surface area contributed by atoms with Crippen LogP contribution >= 0.6 is 11.7 Å². The molecular formula is CH4S3. The molecule has 4 heavy (non-hydrogen) atoms. The quantitative estimate of drug-likeness (QED) is 0.352. The lowest BCUT2D eigenvalue weighted by Crippen LogP contribution is -1.54. The molecule has 0 saturated carbocycles. The molecule has 0 nitrogen and oxygen atoms in total. The molecule has 0 rings (SSSR count). The monoisotopic (exact) mass is 112 g/mol. The third-order valence-corrected chi connectivity index (χ3v) is 0. The molecule has 0 amide bonds. The van der Waals surface area contributed by atoms with Crippen LogP contribution in [-0.4, -0.2) is 6.26 Å². The first kappa shape index (κ1) is 4.92. The normalized spacial score (nSPS) is 15.5. The number of rotatable bonds is 0. The van der Waals surface area contributed by atoms with Crippen LogP contribution in [0, 0.1) is 0 Å². The standard InChI is InChI=1S/CH4S3/c1-4(2)3/h1H3,(H,2,3). The average molecular weight is 112 g/mol. The maximum absolute atomic E-state index is 4.51. The van der Waals surface area contributed by atoms with Gasteiger partial charge in [-0.05, 0) is 17.4 Å². The van der Waals surface area contributed by atoms with Gasteiger partial charge in [0.2, 0.25) is 0 Å². The molecule has 0 saturated heterocycles. The van der Waals surface area contributed by atoms with Gasteiger partial charge in [0, 0.05) is 0 Å². The fraction of sp³-hybridized carbons (Fsp3) is 1.00. The Labute approximate surface area is 38.0 Å². The van der Waals surface area contributed by atoms with Crippen LogP contribution in [0.4, 0.5) is 0 Å². The van der Waals surface area contributed by atoms with Crippen molar-refractivity contribution in [2.45, 2.75) is 0 Å². The van der Waals surface area contributed by atoms with E-state index in [0.717, 1.165) is 0 Å². The Kier molecular flexibility index (Phi) is 2.68. The lowest BCUT2D eigenvalue weighted by atomic mass is 12.0. The lowest BCUT2D eigenvalue weighted by Gasteiger charge is -1.64. The van der Waals surface area contributed by atoms with Gasteiger partial charge in [-0.2, -0.15) is 0 Å². The Hall–Kier alpha value is 0.920. The van der Waals surface area contributed by atoms with Gasteiger partial charge >= 0.3 is 0 Å². The Morgan fingerprint density at radius 1 is 2.00 bits per heavy atom. The first-order valence-corrected chi connectivity index (χ1v) is 4.37. The van der Waals surface area contributed by atoms with Crippen LogP contribution in [0.1, 0.15) is 0 Å². The summed E-state index contributed by atoms with van der Waals surface area (Å²) in [4.78, 5) is 0. The summed E-state index contributed by atoms with van der Waals surface area (Å²) >= 11 is 8.32. The maximum atomic E-state index is 4.51. The minimum atomic E-state index is -0.0833. The van der Waals surface area contributed by atoms with Gasteiger partial charge in [0.15, 0.2) is 0 Å². The van der Waals surface area contributed by atoms with E-state index in [1.807, 2.05) is 6.26 Å². The second-order valence-corrected chi connectivity index (χ2v) is 5.16. The molecule has 0 aromatic carbocycles. The van der Waals surface area contributed by atoms with Crippen LogP contribution in [0.15, 0.2) is 0 Å². The first-order chi connectivity index (χ1) is 1.73. The summed E-state index contributed by atoms with van der Waals surface area (Å²) < 4.78 is 0. The molecule has 0 N–H and O–H groups in total. The smallest absolute Gasteiger partial charge is 0.00412 e. The topological polar surface area (TPSA) is 0 Å². The minimum Gasteiger partial charge on any atom is -0.107 e. The van der Waals surface area contributed by atoms with Crippen LogP contribution in [0.3, 0.4) is 0 Å². The van der Waals surface area contributed by atoms with Gasteiger partial charge in [-0.1, -0.05) is 8.49 Å². The molecule has 0 radical (unpaired) electrons. The Morgan fingerprint density at radius 3 is 2.00 bits per heavy atom. The number of hydrogen-bond acceptors (Lipinski definition) is 1. The van der Waals surface area contributed by atoms with Crippen molar-refractivity contribution in [2.75, 3.05) is 6.26 Å². The second-order valence-electron chi connectivity index (χ2n) is 0.424. The van der Waals surface area contributed by atoms with E-state index in [-0.39, 0.29) is 8.49 Å². The summed E-state index contributed by atoms with van der Waals surface area (Å²) in [7, 11) is -0.0833. The molecule has 1 atom stereocenters. The van der Waals surface area contributed by atoms with Crippen molar-refractivity contribution < 1.29 is 0 Å². The van der Waals surface area contributed by atoms with E-state index in [1.165, 1.54) is 0 Å². The third kappa shape index (κ3) is 12.7. The molecule has 0 fully saturated rings. The van der Waals surface area contributed by atoms with Crippen molar-refractivity contribution in [3.05, 3.63) is 0 Å². The van der Waals surface area contributed by atoms with Gasteiger partial charge in [0.25, 0.3) is 0 Å². The molecular weight excluding hydrogens is 108 g/mol.